The van der Waals surface area contributed by atoms with E-state index in [4.69, 9.17) is 10.2 Å². The molecule has 1 aromatic rings. The predicted octanol–water partition coefficient (Wildman–Crippen LogP) is 1.08. The van der Waals surface area contributed by atoms with E-state index in [1.165, 1.54) is 0 Å². The van der Waals surface area contributed by atoms with E-state index in [0.29, 0.717) is 5.76 Å². The molecule has 1 aromatic heterocycles. The third-order valence-electron chi connectivity index (χ3n) is 3.64. The monoisotopic (exact) mass is 265 g/mol. The van der Waals surface area contributed by atoms with Gasteiger partial charge in [-0.3, -0.25) is 9.69 Å². The molecular formula is C14H23N3O2. The Kier molecular flexibility index (Phi) is 4.99. The van der Waals surface area contributed by atoms with Gasteiger partial charge in [0.2, 0.25) is 0 Å². The zero-order valence-electron chi connectivity index (χ0n) is 11.6. The minimum absolute atomic E-state index is 0.0177. The van der Waals surface area contributed by atoms with Crippen LogP contribution in [0.3, 0.4) is 0 Å². The summed E-state index contributed by atoms with van der Waals surface area (Å²) in [5.74, 6) is 0.501. The van der Waals surface area contributed by atoms with E-state index >= 15 is 0 Å². The fourth-order valence-electron chi connectivity index (χ4n) is 2.39. The lowest BCUT2D eigenvalue weighted by Crippen LogP contribution is -2.48. The van der Waals surface area contributed by atoms with Crippen molar-refractivity contribution in [3.05, 3.63) is 23.7 Å². The molecular weight excluding hydrogens is 242 g/mol. The molecule has 1 amide bonds. The standard InChI is InChI=1S/C14H23N3O2/c1-12-4-11-19-13(12)14(18)17-9-7-16(8-10-17)6-3-2-5-15/h4,11H,2-3,5-10,15H2,1H3. The molecule has 5 nitrogen and oxygen atoms in total. The Hall–Kier alpha value is -1.33. The summed E-state index contributed by atoms with van der Waals surface area (Å²) >= 11 is 0. The first kappa shape index (κ1) is 14.1. The Morgan fingerprint density at radius 2 is 2.05 bits per heavy atom. The van der Waals surface area contributed by atoms with Crippen LogP contribution in [0.25, 0.3) is 0 Å². The second-order valence-electron chi connectivity index (χ2n) is 5.06. The Labute approximate surface area is 114 Å². The minimum Gasteiger partial charge on any atom is -0.459 e. The van der Waals surface area contributed by atoms with Crippen LogP contribution in [0.5, 0.6) is 0 Å². The molecule has 1 fully saturated rings. The number of carbonyl (C=O) groups excluding carboxylic acids is 1. The molecule has 0 aliphatic carbocycles. The summed E-state index contributed by atoms with van der Waals surface area (Å²) in [5, 5.41) is 0. The van der Waals surface area contributed by atoms with Crippen LogP contribution >= 0.6 is 0 Å². The zero-order chi connectivity index (χ0) is 13.7. The molecule has 0 spiro atoms. The molecule has 19 heavy (non-hydrogen) atoms. The van der Waals surface area contributed by atoms with Crippen LogP contribution in [0, 0.1) is 6.92 Å². The van der Waals surface area contributed by atoms with Gasteiger partial charge in [-0.1, -0.05) is 0 Å². The lowest BCUT2D eigenvalue weighted by molar-refractivity contribution is 0.0604. The molecule has 2 rings (SSSR count). The van der Waals surface area contributed by atoms with Crippen LogP contribution in [0.4, 0.5) is 0 Å². The Morgan fingerprint density at radius 3 is 2.63 bits per heavy atom. The van der Waals surface area contributed by atoms with Gasteiger partial charge in [-0.2, -0.15) is 0 Å². The molecule has 106 valence electrons. The second kappa shape index (κ2) is 6.73. The molecule has 1 aliphatic heterocycles. The maximum atomic E-state index is 12.2. The van der Waals surface area contributed by atoms with Crippen molar-refractivity contribution in [1.82, 2.24) is 9.80 Å². The van der Waals surface area contributed by atoms with Crippen LogP contribution in [0.2, 0.25) is 0 Å². The first-order valence-electron chi connectivity index (χ1n) is 6.98. The number of nitrogens with zero attached hydrogens (tertiary/aromatic N) is 2. The van der Waals surface area contributed by atoms with E-state index in [1.54, 1.807) is 6.26 Å². The van der Waals surface area contributed by atoms with Crippen molar-refractivity contribution in [2.45, 2.75) is 19.8 Å². The topological polar surface area (TPSA) is 62.7 Å². The number of rotatable bonds is 5. The number of unbranched alkanes of at least 4 members (excludes halogenated alkanes) is 1. The normalized spacial score (nSPS) is 16.8. The SMILES string of the molecule is Cc1ccoc1C(=O)N1CCN(CCCCN)CC1. The van der Waals surface area contributed by atoms with Crippen molar-refractivity contribution in [2.75, 3.05) is 39.3 Å². The summed E-state index contributed by atoms with van der Waals surface area (Å²) in [6.07, 6.45) is 3.79. The highest BCUT2D eigenvalue weighted by Gasteiger charge is 2.24. The van der Waals surface area contributed by atoms with Gasteiger partial charge in [0.25, 0.3) is 5.91 Å². The van der Waals surface area contributed by atoms with E-state index in [2.05, 4.69) is 4.90 Å². The lowest BCUT2D eigenvalue weighted by atomic mass is 10.2. The highest BCUT2D eigenvalue weighted by molar-refractivity contribution is 5.92. The molecule has 0 bridgehead atoms. The molecule has 2 heterocycles. The number of nitrogens with two attached hydrogens (primary N) is 1. The minimum atomic E-state index is 0.0177. The molecule has 0 saturated carbocycles. The summed E-state index contributed by atoms with van der Waals surface area (Å²) in [4.78, 5) is 16.5. The molecule has 0 aromatic carbocycles. The van der Waals surface area contributed by atoms with Crippen molar-refractivity contribution >= 4 is 5.91 Å². The molecule has 0 unspecified atom stereocenters. The van der Waals surface area contributed by atoms with E-state index < -0.39 is 0 Å². The summed E-state index contributed by atoms with van der Waals surface area (Å²) < 4.78 is 5.27. The second-order valence-corrected chi connectivity index (χ2v) is 5.06. The quantitative estimate of drug-likeness (QED) is 0.809. The summed E-state index contributed by atoms with van der Waals surface area (Å²) in [5.41, 5.74) is 6.40. The average Bonchev–Trinajstić information content (AvgIpc) is 2.85. The van der Waals surface area contributed by atoms with Crippen molar-refractivity contribution < 1.29 is 9.21 Å². The van der Waals surface area contributed by atoms with Crippen LogP contribution in [-0.4, -0.2) is 55.0 Å². The average molecular weight is 265 g/mol. The van der Waals surface area contributed by atoms with Gasteiger partial charge in [-0.15, -0.1) is 0 Å². The maximum Gasteiger partial charge on any atom is 0.289 e. The lowest BCUT2D eigenvalue weighted by Gasteiger charge is -2.34. The summed E-state index contributed by atoms with van der Waals surface area (Å²) in [6, 6.07) is 1.83. The number of piperazine rings is 1. The molecule has 1 saturated heterocycles. The van der Waals surface area contributed by atoms with Gasteiger partial charge in [-0.05, 0) is 38.9 Å². The third kappa shape index (κ3) is 3.58. The van der Waals surface area contributed by atoms with Crippen LogP contribution in [0.15, 0.2) is 16.7 Å². The molecule has 5 heteroatoms. The van der Waals surface area contributed by atoms with E-state index in [-0.39, 0.29) is 5.91 Å². The number of hydrogen-bond acceptors (Lipinski definition) is 4. The fraction of sp³-hybridized carbons (Fsp3) is 0.643. The number of carbonyl (C=O) groups is 1. The number of hydrogen-bond donors (Lipinski definition) is 1. The van der Waals surface area contributed by atoms with Crippen LogP contribution in [0.1, 0.15) is 29.0 Å². The Morgan fingerprint density at radius 1 is 1.32 bits per heavy atom. The van der Waals surface area contributed by atoms with Crippen LogP contribution < -0.4 is 5.73 Å². The molecule has 2 N–H and O–H groups in total. The Balaban J connectivity index is 1.80. The van der Waals surface area contributed by atoms with Gasteiger partial charge >= 0.3 is 0 Å². The highest BCUT2D eigenvalue weighted by atomic mass is 16.3. The van der Waals surface area contributed by atoms with Gasteiger partial charge in [0, 0.05) is 31.7 Å². The van der Waals surface area contributed by atoms with Crippen molar-refractivity contribution in [2.24, 2.45) is 5.73 Å². The van der Waals surface area contributed by atoms with Crippen molar-refractivity contribution in [3.8, 4) is 0 Å². The van der Waals surface area contributed by atoms with Gasteiger partial charge < -0.3 is 15.1 Å². The number of amides is 1. The van der Waals surface area contributed by atoms with Gasteiger partial charge in [-0.25, -0.2) is 0 Å². The van der Waals surface area contributed by atoms with Crippen LogP contribution in [-0.2, 0) is 0 Å². The predicted molar refractivity (Wildman–Crippen MR) is 74.1 cm³/mol. The first-order chi connectivity index (χ1) is 9.22. The highest BCUT2D eigenvalue weighted by Crippen LogP contribution is 2.14. The first-order valence-corrected chi connectivity index (χ1v) is 6.98. The zero-order valence-corrected chi connectivity index (χ0v) is 11.6. The van der Waals surface area contributed by atoms with E-state index in [9.17, 15) is 4.79 Å². The summed E-state index contributed by atoms with van der Waals surface area (Å²) in [7, 11) is 0. The van der Waals surface area contributed by atoms with Gasteiger partial charge in [0.15, 0.2) is 5.76 Å². The largest absolute Gasteiger partial charge is 0.459 e. The molecule has 0 radical (unpaired) electrons. The fourth-order valence-corrected chi connectivity index (χ4v) is 2.39. The summed E-state index contributed by atoms with van der Waals surface area (Å²) in [6.45, 7) is 7.18. The molecule has 0 atom stereocenters. The van der Waals surface area contributed by atoms with Crippen molar-refractivity contribution in [1.29, 1.82) is 0 Å². The van der Waals surface area contributed by atoms with Crippen molar-refractivity contribution in [3.63, 3.8) is 0 Å². The third-order valence-corrected chi connectivity index (χ3v) is 3.64. The Bertz CT molecular complexity index is 409. The number of aryl methyl sites for hydroxylation is 1. The molecule has 1 aliphatic rings. The van der Waals surface area contributed by atoms with E-state index in [1.807, 2.05) is 17.9 Å². The maximum absolute atomic E-state index is 12.2. The van der Waals surface area contributed by atoms with Gasteiger partial charge in [0.1, 0.15) is 0 Å². The number of furan rings is 1. The smallest absolute Gasteiger partial charge is 0.289 e. The van der Waals surface area contributed by atoms with E-state index in [0.717, 1.165) is 57.7 Å². The van der Waals surface area contributed by atoms with Gasteiger partial charge in [0.05, 0.1) is 6.26 Å².